The van der Waals surface area contributed by atoms with Gasteiger partial charge in [0.25, 0.3) is 0 Å². The van der Waals surface area contributed by atoms with Gasteiger partial charge >= 0.3 is 0 Å². The summed E-state index contributed by atoms with van der Waals surface area (Å²) in [6.45, 7) is 4.31. The molecule has 3 rings (SSSR count). The molecule has 98 valence electrons. The average molecular weight is 270 g/mol. The molecule has 2 aromatic carbocycles. The summed E-state index contributed by atoms with van der Waals surface area (Å²) in [5.74, 6) is 0. The summed E-state index contributed by atoms with van der Waals surface area (Å²) in [5, 5.41) is 0. The molecule has 1 aliphatic heterocycles. The summed E-state index contributed by atoms with van der Waals surface area (Å²) >= 11 is 0. The summed E-state index contributed by atoms with van der Waals surface area (Å²) in [6.07, 6.45) is 2.88. The summed E-state index contributed by atoms with van der Waals surface area (Å²) < 4.78 is 12.9. The summed E-state index contributed by atoms with van der Waals surface area (Å²) in [5.41, 5.74) is 5.10. The minimum absolute atomic E-state index is 0.925. The first kappa shape index (κ1) is 12.6. The lowest BCUT2D eigenvalue weighted by Crippen LogP contribution is -2.14. The molecule has 0 fully saturated rings. The van der Waals surface area contributed by atoms with Gasteiger partial charge in [-0.1, -0.05) is 44.2 Å². The first-order valence-corrected chi connectivity index (χ1v) is 8.04. The molecule has 2 aromatic rings. The molecule has 1 heterocycles. The Kier molecular flexibility index (Phi) is 3.28. The highest BCUT2D eigenvalue weighted by Crippen LogP contribution is 2.35. The van der Waals surface area contributed by atoms with E-state index in [2.05, 4.69) is 32.0 Å². The fourth-order valence-corrected chi connectivity index (χ4v) is 4.56. The van der Waals surface area contributed by atoms with Gasteiger partial charge in [-0.3, -0.25) is 0 Å². The molecule has 0 amide bonds. The molecule has 0 bridgehead atoms. The van der Waals surface area contributed by atoms with Crippen LogP contribution in [0, 0.1) is 0 Å². The van der Waals surface area contributed by atoms with Crippen LogP contribution in [-0.4, -0.2) is 4.21 Å². The van der Waals surface area contributed by atoms with Crippen molar-refractivity contribution in [3.8, 4) is 0 Å². The van der Waals surface area contributed by atoms with E-state index < -0.39 is 10.8 Å². The van der Waals surface area contributed by atoms with Crippen molar-refractivity contribution in [2.75, 3.05) is 0 Å². The highest BCUT2D eigenvalue weighted by Gasteiger charge is 2.25. The lowest BCUT2D eigenvalue weighted by atomic mass is 9.94. The van der Waals surface area contributed by atoms with Gasteiger partial charge in [0, 0.05) is 11.3 Å². The van der Waals surface area contributed by atoms with Crippen molar-refractivity contribution >= 4 is 10.8 Å². The largest absolute Gasteiger partial charge is 0.249 e. The monoisotopic (exact) mass is 270 g/mol. The maximum Gasteiger partial charge on any atom is 0.0858 e. The lowest BCUT2D eigenvalue weighted by Gasteiger charge is -2.23. The van der Waals surface area contributed by atoms with Crippen molar-refractivity contribution in [1.29, 1.82) is 0 Å². The summed E-state index contributed by atoms with van der Waals surface area (Å²) in [7, 11) is -1.01. The van der Waals surface area contributed by atoms with Crippen molar-refractivity contribution in [1.82, 2.24) is 0 Å². The summed E-state index contributed by atoms with van der Waals surface area (Å²) in [6, 6.07) is 12.5. The van der Waals surface area contributed by atoms with Crippen LogP contribution in [0.3, 0.4) is 0 Å². The molecule has 1 nitrogen and oxygen atoms in total. The number of hydrogen-bond donors (Lipinski definition) is 0. The second kappa shape index (κ2) is 4.93. The van der Waals surface area contributed by atoms with Crippen LogP contribution in [0.15, 0.2) is 46.2 Å². The van der Waals surface area contributed by atoms with Crippen molar-refractivity contribution in [2.45, 2.75) is 42.9 Å². The third kappa shape index (κ3) is 1.95. The van der Waals surface area contributed by atoms with E-state index in [0.29, 0.717) is 0 Å². The highest BCUT2D eigenvalue weighted by molar-refractivity contribution is 7.85. The van der Waals surface area contributed by atoms with Gasteiger partial charge in [0.05, 0.1) is 15.7 Å². The molecule has 1 aliphatic rings. The second-order valence-electron chi connectivity index (χ2n) is 4.95. The maximum absolute atomic E-state index is 12.9. The molecule has 1 unspecified atom stereocenters. The molecule has 1 atom stereocenters. The Bertz CT molecular complexity index is 658. The van der Waals surface area contributed by atoms with E-state index in [1.165, 1.54) is 22.3 Å². The average Bonchev–Trinajstić information content (AvgIpc) is 2.46. The molecule has 0 radical (unpaired) electrons. The first-order chi connectivity index (χ1) is 9.26. The minimum Gasteiger partial charge on any atom is -0.249 e. The SMILES string of the molecule is CCc1ccc(CC)c2c1Cc1ccccc1S2=O. The van der Waals surface area contributed by atoms with Crippen LogP contribution in [0.25, 0.3) is 0 Å². The zero-order chi connectivity index (χ0) is 13.4. The first-order valence-electron chi connectivity index (χ1n) is 6.89. The number of hydrogen-bond acceptors (Lipinski definition) is 1. The Labute approximate surface area is 117 Å². The minimum atomic E-state index is -1.01. The Morgan fingerprint density at radius 2 is 1.68 bits per heavy atom. The van der Waals surface area contributed by atoms with Gasteiger partial charge in [-0.05, 0) is 41.2 Å². The van der Waals surface area contributed by atoms with Gasteiger partial charge in [-0.2, -0.15) is 0 Å². The van der Waals surface area contributed by atoms with Crippen LogP contribution in [0.5, 0.6) is 0 Å². The second-order valence-corrected chi connectivity index (χ2v) is 6.34. The maximum atomic E-state index is 12.9. The van der Waals surface area contributed by atoms with Crippen LogP contribution < -0.4 is 0 Å². The molecule has 0 saturated carbocycles. The van der Waals surface area contributed by atoms with Gasteiger partial charge in [0.2, 0.25) is 0 Å². The number of rotatable bonds is 2. The third-order valence-electron chi connectivity index (χ3n) is 3.93. The highest BCUT2D eigenvalue weighted by atomic mass is 32.2. The zero-order valence-electron chi connectivity index (χ0n) is 11.4. The fourth-order valence-electron chi connectivity index (χ4n) is 2.88. The van der Waals surface area contributed by atoms with E-state index in [4.69, 9.17) is 0 Å². The zero-order valence-corrected chi connectivity index (χ0v) is 12.2. The Morgan fingerprint density at radius 1 is 1.00 bits per heavy atom. The number of aryl methyl sites for hydroxylation is 2. The van der Waals surface area contributed by atoms with Crippen LogP contribution in [-0.2, 0) is 30.1 Å². The molecule has 2 heteroatoms. The van der Waals surface area contributed by atoms with Gasteiger partial charge in [0.15, 0.2) is 0 Å². The van der Waals surface area contributed by atoms with Gasteiger partial charge in [-0.25, -0.2) is 4.21 Å². The van der Waals surface area contributed by atoms with Gasteiger partial charge < -0.3 is 0 Å². The molecule has 19 heavy (non-hydrogen) atoms. The van der Waals surface area contributed by atoms with Gasteiger partial charge in [0.1, 0.15) is 0 Å². The van der Waals surface area contributed by atoms with Crippen molar-refractivity contribution in [2.24, 2.45) is 0 Å². The standard InChI is InChI=1S/C17H18OS/c1-3-12-9-10-13(4-2)17-15(12)11-14-7-5-6-8-16(14)19(17)18/h5-10H,3-4,11H2,1-2H3. The van der Waals surface area contributed by atoms with Crippen LogP contribution in [0.1, 0.15) is 36.1 Å². The van der Waals surface area contributed by atoms with Crippen molar-refractivity contribution in [3.63, 3.8) is 0 Å². The Balaban J connectivity index is 2.27. The van der Waals surface area contributed by atoms with E-state index in [1.807, 2.05) is 18.2 Å². The Morgan fingerprint density at radius 3 is 2.42 bits per heavy atom. The van der Waals surface area contributed by atoms with Crippen LogP contribution in [0.2, 0.25) is 0 Å². The number of fused-ring (bicyclic) bond motifs is 2. The normalized spacial score (nSPS) is 16.8. The predicted molar refractivity (Wildman–Crippen MR) is 79.1 cm³/mol. The molecular weight excluding hydrogens is 252 g/mol. The number of benzene rings is 2. The molecule has 0 aliphatic carbocycles. The van der Waals surface area contributed by atoms with E-state index in [9.17, 15) is 4.21 Å². The summed E-state index contributed by atoms with van der Waals surface area (Å²) in [4.78, 5) is 2.08. The van der Waals surface area contributed by atoms with E-state index in [0.717, 1.165) is 29.1 Å². The van der Waals surface area contributed by atoms with E-state index in [-0.39, 0.29) is 0 Å². The topological polar surface area (TPSA) is 17.1 Å². The lowest BCUT2D eigenvalue weighted by molar-refractivity contribution is 0.677. The molecular formula is C17H18OS. The van der Waals surface area contributed by atoms with E-state index >= 15 is 0 Å². The smallest absolute Gasteiger partial charge is 0.0858 e. The van der Waals surface area contributed by atoms with Crippen molar-refractivity contribution in [3.05, 3.63) is 58.7 Å². The Hall–Kier alpha value is -1.41. The van der Waals surface area contributed by atoms with E-state index in [1.54, 1.807) is 0 Å². The van der Waals surface area contributed by atoms with Gasteiger partial charge in [-0.15, -0.1) is 0 Å². The van der Waals surface area contributed by atoms with Crippen LogP contribution in [0.4, 0.5) is 0 Å². The molecule has 0 N–H and O–H groups in total. The molecule has 0 aromatic heterocycles. The van der Waals surface area contributed by atoms with Crippen molar-refractivity contribution < 1.29 is 4.21 Å². The predicted octanol–water partition coefficient (Wildman–Crippen LogP) is 3.88. The quantitative estimate of drug-likeness (QED) is 0.690. The molecule has 0 saturated heterocycles. The third-order valence-corrected chi connectivity index (χ3v) is 5.60. The van der Waals surface area contributed by atoms with Crippen LogP contribution >= 0.6 is 0 Å². The fraction of sp³-hybridized carbons (Fsp3) is 0.294. The molecule has 0 spiro atoms.